The van der Waals surface area contributed by atoms with Crippen molar-refractivity contribution >= 4 is 40.2 Å². The summed E-state index contributed by atoms with van der Waals surface area (Å²) >= 11 is 8.02. The van der Waals surface area contributed by atoms with Gasteiger partial charge in [-0.25, -0.2) is 9.97 Å². The number of ketones is 1. The Morgan fingerprint density at radius 2 is 1.93 bits per heavy atom. The van der Waals surface area contributed by atoms with Crippen LogP contribution in [0.5, 0.6) is 0 Å². The Labute approximate surface area is 185 Å². The smallest absolute Gasteiger partial charge is 0.149 e. The van der Waals surface area contributed by atoms with Crippen LogP contribution < -0.4 is 0 Å². The van der Waals surface area contributed by atoms with Gasteiger partial charge in [0.2, 0.25) is 0 Å². The summed E-state index contributed by atoms with van der Waals surface area (Å²) in [5.41, 5.74) is 4.95. The van der Waals surface area contributed by atoms with E-state index in [-0.39, 0.29) is 11.0 Å². The fourth-order valence-corrected chi connectivity index (χ4v) is 4.83. The Balaban J connectivity index is 1.93. The third-order valence-electron chi connectivity index (χ3n) is 4.95. The Morgan fingerprint density at radius 1 is 1.17 bits per heavy atom. The van der Waals surface area contributed by atoms with Crippen molar-refractivity contribution in [3.63, 3.8) is 0 Å². The van der Waals surface area contributed by atoms with Crippen LogP contribution in [0.1, 0.15) is 25.8 Å². The largest absolute Gasteiger partial charge is 0.301 e. The number of thioether (sulfide) groups is 1. The van der Waals surface area contributed by atoms with Gasteiger partial charge in [-0.1, -0.05) is 54.9 Å². The average molecular weight is 436 g/mol. The molecule has 0 saturated carbocycles. The predicted octanol–water partition coefficient (Wildman–Crippen LogP) is 6.51. The van der Waals surface area contributed by atoms with E-state index in [4.69, 9.17) is 11.6 Å². The number of aryl methyl sites for hydroxylation is 1. The zero-order valence-electron chi connectivity index (χ0n) is 17.1. The molecule has 4 rings (SSSR count). The molecular formula is C24H22ClN3OS. The summed E-state index contributed by atoms with van der Waals surface area (Å²) < 4.78 is 2.06. The molecule has 0 aliphatic heterocycles. The number of rotatable bonds is 6. The zero-order valence-corrected chi connectivity index (χ0v) is 18.7. The lowest BCUT2D eigenvalue weighted by atomic mass is 10.1. The normalized spacial score (nSPS) is 12.3. The van der Waals surface area contributed by atoms with Crippen LogP contribution in [0.4, 0.5) is 0 Å². The van der Waals surface area contributed by atoms with E-state index in [2.05, 4.69) is 39.8 Å². The van der Waals surface area contributed by atoms with Crippen LogP contribution in [0, 0.1) is 6.92 Å². The standard InChI is InChI=1S/C24H22ClN3OS/c1-15-9-10-19(12-21(15)25)28-13-20(18-7-5-4-6-8-18)22-23(28)26-14-27-24(22)30-17(3)11-16(2)29/h4-10,12-14,17H,11H2,1-3H3/t17-/m0/s1. The Bertz CT molecular complexity index is 1220. The second-order valence-electron chi connectivity index (χ2n) is 7.42. The first-order chi connectivity index (χ1) is 14.4. The highest BCUT2D eigenvalue weighted by Gasteiger charge is 2.19. The van der Waals surface area contributed by atoms with E-state index in [1.165, 1.54) is 0 Å². The summed E-state index contributed by atoms with van der Waals surface area (Å²) in [6.07, 6.45) is 4.19. The fraction of sp³-hybridized carbons (Fsp3) is 0.208. The van der Waals surface area contributed by atoms with Crippen molar-refractivity contribution in [2.75, 3.05) is 0 Å². The second-order valence-corrected chi connectivity index (χ2v) is 9.26. The highest BCUT2D eigenvalue weighted by Crippen LogP contribution is 2.38. The number of hydrogen-bond donors (Lipinski definition) is 0. The van der Waals surface area contributed by atoms with Crippen LogP contribution in [0.25, 0.3) is 27.8 Å². The molecule has 2 aromatic carbocycles. The lowest BCUT2D eigenvalue weighted by Crippen LogP contribution is -2.04. The SMILES string of the molecule is CC(=O)C[C@H](C)Sc1ncnc2c1c(-c1ccccc1)cn2-c1ccc(C)c(Cl)c1. The van der Waals surface area contributed by atoms with E-state index in [1.807, 2.05) is 43.3 Å². The zero-order chi connectivity index (χ0) is 21.3. The Kier molecular flexibility index (Phi) is 5.93. The summed E-state index contributed by atoms with van der Waals surface area (Å²) in [4.78, 5) is 20.8. The third-order valence-corrected chi connectivity index (χ3v) is 6.46. The number of carbonyl (C=O) groups is 1. The molecule has 2 heterocycles. The van der Waals surface area contributed by atoms with Gasteiger partial charge < -0.3 is 4.57 Å². The van der Waals surface area contributed by atoms with Gasteiger partial charge in [0.1, 0.15) is 22.8 Å². The van der Waals surface area contributed by atoms with E-state index in [0.29, 0.717) is 11.4 Å². The van der Waals surface area contributed by atoms with E-state index in [9.17, 15) is 4.79 Å². The number of benzene rings is 2. The van der Waals surface area contributed by atoms with Gasteiger partial charge in [0.25, 0.3) is 0 Å². The van der Waals surface area contributed by atoms with Gasteiger partial charge >= 0.3 is 0 Å². The molecule has 0 N–H and O–H groups in total. The van der Waals surface area contributed by atoms with Crippen LogP contribution in [-0.2, 0) is 4.79 Å². The molecule has 30 heavy (non-hydrogen) atoms. The number of carbonyl (C=O) groups excluding carboxylic acids is 1. The minimum Gasteiger partial charge on any atom is -0.301 e. The van der Waals surface area contributed by atoms with Crippen molar-refractivity contribution in [3.05, 3.63) is 71.6 Å². The lowest BCUT2D eigenvalue weighted by Gasteiger charge is -2.11. The molecule has 0 radical (unpaired) electrons. The van der Waals surface area contributed by atoms with Crippen LogP contribution in [0.2, 0.25) is 5.02 Å². The summed E-state index contributed by atoms with van der Waals surface area (Å²) in [5.74, 6) is 0.176. The predicted molar refractivity (Wildman–Crippen MR) is 125 cm³/mol. The molecule has 0 bridgehead atoms. The second kappa shape index (κ2) is 8.62. The minimum atomic E-state index is 0.126. The number of halogens is 1. The monoisotopic (exact) mass is 435 g/mol. The molecule has 0 unspecified atom stereocenters. The van der Waals surface area contributed by atoms with Crippen LogP contribution in [0.15, 0.2) is 66.1 Å². The average Bonchev–Trinajstić information content (AvgIpc) is 3.11. The summed E-state index contributed by atoms with van der Waals surface area (Å²) in [6.45, 7) is 5.67. The summed E-state index contributed by atoms with van der Waals surface area (Å²) in [7, 11) is 0. The molecule has 6 heteroatoms. The van der Waals surface area contributed by atoms with Gasteiger partial charge in [-0.05, 0) is 37.1 Å². The molecule has 0 fully saturated rings. The molecule has 0 amide bonds. The summed E-state index contributed by atoms with van der Waals surface area (Å²) in [6, 6.07) is 16.2. The van der Waals surface area contributed by atoms with Crippen LogP contribution >= 0.6 is 23.4 Å². The quantitative estimate of drug-likeness (QED) is 0.256. The molecule has 1 atom stereocenters. The van der Waals surface area contributed by atoms with Crippen molar-refractivity contribution < 1.29 is 4.79 Å². The van der Waals surface area contributed by atoms with Gasteiger partial charge in [0.05, 0.1) is 5.39 Å². The van der Waals surface area contributed by atoms with Crippen LogP contribution in [0.3, 0.4) is 0 Å². The molecule has 0 aliphatic carbocycles. The highest BCUT2D eigenvalue weighted by atomic mass is 35.5. The molecule has 0 saturated heterocycles. The first kappa shape index (κ1) is 20.6. The number of Topliss-reactive ketones (excluding diaryl/α,β-unsaturated/α-hetero) is 1. The van der Waals surface area contributed by atoms with Gasteiger partial charge in [0, 0.05) is 34.1 Å². The van der Waals surface area contributed by atoms with Crippen molar-refractivity contribution in [1.29, 1.82) is 0 Å². The number of fused-ring (bicyclic) bond motifs is 1. The Morgan fingerprint density at radius 3 is 2.63 bits per heavy atom. The first-order valence-corrected chi connectivity index (χ1v) is 11.0. The summed E-state index contributed by atoms with van der Waals surface area (Å²) in [5, 5.41) is 2.71. The van der Waals surface area contributed by atoms with E-state index in [1.54, 1.807) is 25.0 Å². The molecular weight excluding hydrogens is 414 g/mol. The van der Waals surface area contributed by atoms with Crippen molar-refractivity contribution in [2.45, 2.75) is 37.5 Å². The molecule has 0 aliphatic rings. The maximum Gasteiger partial charge on any atom is 0.149 e. The highest BCUT2D eigenvalue weighted by molar-refractivity contribution is 8.00. The lowest BCUT2D eigenvalue weighted by molar-refractivity contribution is -0.116. The van der Waals surface area contributed by atoms with Crippen molar-refractivity contribution in [3.8, 4) is 16.8 Å². The molecule has 2 aromatic heterocycles. The van der Waals surface area contributed by atoms with Gasteiger partial charge in [-0.15, -0.1) is 11.8 Å². The fourth-order valence-electron chi connectivity index (χ4n) is 3.53. The van der Waals surface area contributed by atoms with Gasteiger partial charge in [-0.3, -0.25) is 4.79 Å². The molecule has 4 aromatic rings. The van der Waals surface area contributed by atoms with E-state index in [0.717, 1.165) is 38.4 Å². The van der Waals surface area contributed by atoms with Crippen molar-refractivity contribution in [2.24, 2.45) is 0 Å². The number of aromatic nitrogens is 3. The maximum absolute atomic E-state index is 11.6. The van der Waals surface area contributed by atoms with E-state index >= 15 is 0 Å². The number of nitrogens with zero attached hydrogens (tertiary/aromatic N) is 3. The molecule has 152 valence electrons. The minimum absolute atomic E-state index is 0.126. The third kappa shape index (κ3) is 4.13. The van der Waals surface area contributed by atoms with Gasteiger partial charge in [0.15, 0.2) is 0 Å². The van der Waals surface area contributed by atoms with Crippen LogP contribution in [-0.4, -0.2) is 25.6 Å². The maximum atomic E-state index is 11.6. The van der Waals surface area contributed by atoms with Gasteiger partial charge in [-0.2, -0.15) is 0 Å². The van der Waals surface area contributed by atoms with Crippen molar-refractivity contribution in [1.82, 2.24) is 14.5 Å². The number of hydrogen-bond acceptors (Lipinski definition) is 4. The first-order valence-electron chi connectivity index (χ1n) is 9.78. The molecule has 0 spiro atoms. The van der Waals surface area contributed by atoms with E-state index < -0.39 is 0 Å². The molecule has 4 nitrogen and oxygen atoms in total. The Hall–Kier alpha value is -2.63. The topological polar surface area (TPSA) is 47.8 Å².